The van der Waals surface area contributed by atoms with Crippen LogP contribution in [-0.4, -0.2) is 11.2 Å². The summed E-state index contributed by atoms with van der Waals surface area (Å²) in [5.41, 5.74) is 2.61. The van der Waals surface area contributed by atoms with Crippen molar-refractivity contribution in [2.45, 2.75) is 44.6 Å². The first kappa shape index (κ1) is 8.82. The fraction of sp³-hybridized carbons (Fsp3) is 0.636. The van der Waals surface area contributed by atoms with Gasteiger partial charge in [0.25, 0.3) is 0 Å². The molecule has 2 rings (SSSR count). The second-order valence-corrected chi connectivity index (χ2v) is 4.43. The second kappa shape index (κ2) is 2.88. The molecule has 1 heterocycles. The summed E-state index contributed by atoms with van der Waals surface area (Å²) in [7, 11) is 0. The lowest BCUT2D eigenvalue weighted by Gasteiger charge is -2.22. The smallest absolute Gasteiger partial charge is 0.0942 e. The molecule has 1 fully saturated rings. The highest BCUT2D eigenvalue weighted by atomic mass is 16.3. The van der Waals surface area contributed by atoms with Gasteiger partial charge in [0.2, 0.25) is 0 Å². The Bertz CT molecular complexity index is 303. The van der Waals surface area contributed by atoms with Crippen molar-refractivity contribution in [1.29, 1.82) is 0 Å². The molecule has 2 atom stereocenters. The molecule has 0 aromatic carbocycles. The van der Waals surface area contributed by atoms with Crippen LogP contribution in [0.4, 0.5) is 0 Å². The van der Waals surface area contributed by atoms with Gasteiger partial charge in [-0.05, 0) is 42.7 Å². The topological polar surface area (TPSA) is 33.4 Å². The minimum absolute atomic E-state index is 0.126. The minimum Gasteiger partial charge on any atom is -0.472 e. The number of hydrogen-bond acceptors (Lipinski definition) is 2. The molecular formula is C11H16O2. The molecule has 0 amide bonds. The molecule has 2 unspecified atom stereocenters. The summed E-state index contributed by atoms with van der Waals surface area (Å²) in [5.74, 6) is 0. The molecule has 0 spiro atoms. The lowest BCUT2D eigenvalue weighted by molar-refractivity contribution is 0.175. The monoisotopic (exact) mass is 180 g/mol. The molecule has 0 saturated heterocycles. The molecule has 72 valence electrons. The van der Waals surface area contributed by atoms with Gasteiger partial charge in [0.15, 0.2) is 0 Å². The van der Waals surface area contributed by atoms with Crippen LogP contribution in [0.1, 0.15) is 37.3 Å². The predicted octanol–water partition coefficient (Wildman–Crippen LogP) is 2.39. The Labute approximate surface area is 78.6 Å². The van der Waals surface area contributed by atoms with E-state index >= 15 is 0 Å². The third kappa shape index (κ3) is 1.39. The molecule has 1 aliphatic carbocycles. The van der Waals surface area contributed by atoms with Crippen molar-refractivity contribution in [3.63, 3.8) is 0 Å². The number of aliphatic hydroxyl groups excluding tert-OH is 1. The zero-order valence-electron chi connectivity index (χ0n) is 8.21. The van der Waals surface area contributed by atoms with Crippen LogP contribution < -0.4 is 0 Å². The number of hydrogen-bond donors (Lipinski definition) is 1. The van der Waals surface area contributed by atoms with Gasteiger partial charge >= 0.3 is 0 Å². The Hall–Kier alpha value is -0.760. The Morgan fingerprint density at radius 2 is 2.31 bits per heavy atom. The number of aryl methyl sites for hydroxylation is 1. The zero-order chi connectivity index (χ0) is 9.47. The van der Waals surface area contributed by atoms with E-state index in [0.29, 0.717) is 0 Å². The first-order chi connectivity index (χ1) is 6.12. The molecule has 0 aliphatic heterocycles. The molecule has 1 N–H and O–H groups in total. The van der Waals surface area contributed by atoms with Crippen LogP contribution in [0.25, 0.3) is 0 Å². The van der Waals surface area contributed by atoms with Gasteiger partial charge in [0, 0.05) is 0 Å². The van der Waals surface area contributed by atoms with Crippen LogP contribution >= 0.6 is 0 Å². The highest BCUT2D eigenvalue weighted by Gasteiger charge is 2.37. The van der Waals surface area contributed by atoms with Crippen LogP contribution in [0.15, 0.2) is 16.9 Å². The number of aliphatic hydroxyl groups is 1. The zero-order valence-corrected chi connectivity index (χ0v) is 8.21. The van der Waals surface area contributed by atoms with E-state index in [1.807, 2.05) is 6.26 Å². The maximum Gasteiger partial charge on any atom is 0.0942 e. The van der Waals surface area contributed by atoms with E-state index < -0.39 is 0 Å². The summed E-state index contributed by atoms with van der Waals surface area (Å²) in [6.45, 7) is 4.27. The van der Waals surface area contributed by atoms with Crippen LogP contribution in [0.3, 0.4) is 0 Å². The molecule has 1 aromatic rings. The van der Waals surface area contributed by atoms with E-state index in [0.717, 1.165) is 19.3 Å². The predicted molar refractivity (Wildman–Crippen MR) is 50.7 cm³/mol. The standard InChI is InChI=1S/C11H16O2/c1-8-6-13-7-10(8)11(2)4-3-9(12)5-11/h6-7,9,12H,3-5H2,1-2H3. The van der Waals surface area contributed by atoms with Crippen molar-refractivity contribution < 1.29 is 9.52 Å². The summed E-state index contributed by atoms with van der Waals surface area (Å²) in [5, 5.41) is 9.52. The normalized spacial score (nSPS) is 33.9. The Morgan fingerprint density at radius 1 is 1.54 bits per heavy atom. The average Bonchev–Trinajstić information content (AvgIpc) is 2.59. The van der Waals surface area contributed by atoms with E-state index in [2.05, 4.69) is 13.8 Å². The summed E-state index contributed by atoms with van der Waals surface area (Å²) in [6, 6.07) is 0. The molecule has 1 saturated carbocycles. The Balaban J connectivity index is 2.30. The van der Waals surface area contributed by atoms with Gasteiger partial charge in [-0.25, -0.2) is 0 Å². The fourth-order valence-electron chi connectivity index (χ4n) is 2.43. The van der Waals surface area contributed by atoms with Gasteiger partial charge in [0.1, 0.15) is 0 Å². The van der Waals surface area contributed by atoms with Crippen LogP contribution in [0.5, 0.6) is 0 Å². The largest absolute Gasteiger partial charge is 0.472 e. The van der Waals surface area contributed by atoms with Crippen molar-refractivity contribution in [1.82, 2.24) is 0 Å². The maximum atomic E-state index is 9.52. The SMILES string of the molecule is Cc1cocc1C1(C)CCC(O)C1. The average molecular weight is 180 g/mol. The van der Waals surface area contributed by atoms with Crippen molar-refractivity contribution >= 4 is 0 Å². The van der Waals surface area contributed by atoms with Gasteiger partial charge in [-0.2, -0.15) is 0 Å². The van der Waals surface area contributed by atoms with E-state index in [9.17, 15) is 5.11 Å². The van der Waals surface area contributed by atoms with Gasteiger partial charge in [-0.15, -0.1) is 0 Å². The summed E-state index contributed by atoms with van der Waals surface area (Å²) in [4.78, 5) is 0. The highest BCUT2D eigenvalue weighted by Crippen LogP contribution is 2.42. The van der Waals surface area contributed by atoms with Crippen LogP contribution in [0, 0.1) is 6.92 Å². The van der Waals surface area contributed by atoms with Crippen LogP contribution in [-0.2, 0) is 5.41 Å². The fourth-order valence-corrected chi connectivity index (χ4v) is 2.43. The summed E-state index contributed by atoms with van der Waals surface area (Å²) in [6.07, 6.45) is 6.33. The van der Waals surface area contributed by atoms with Crippen LogP contribution in [0.2, 0.25) is 0 Å². The van der Waals surface area contributed by atoms with Crippen molar-refractivity contribution in [2.75, 3.05) is 0 Å². The summed E-state index contributed by atoms with van der Waals surface area (Å²) >= 11 is 0. The summed E-state index contributed by atoms with van der Waals surface area (Å²) < 4.78 is 5.18. The van der Waals surface area contributed by atoms with Gasteiger partial charge in [-0.3, -0.25) is 0 Å². The molecule has 0 radical (unpaired) electrons. The lowest BCUT2D eigenvalue weighted by atomic mass is 9.81. The molecular weight excluding hydrogens is 164 g/mol. The quantitative estimate of drug-likeness (QED) is 0.719. The molecule has 2 nitrogen and oxygen atoms in total. The van der Waals surface area contributed by atoms with E-state index in [1.54, 1.807) is 6.26 Å². The van der Waals surface area contributed by atoms with Gasteiger partial charge < -0.3 is 9.52 Å². The van der Waals surface area contributed by atoms with Gasteiger partial charge in [-0.1, -0.05) is 6.92 Å². The van der Waals surface area contributed by atoms with E-state index in [1.165, 1.54) is 11.1 Å². The van der Waals surface area contributed by atoms with Crippen molar-refractivity contribution in [3.05, 3.63) is 23.7 Å². The maximum absolute atomic E-state index is 9.52. The van der Waals surface area contributed by atoms with E-state index in [-0.39, 0.29) is 11.5 Å². The first-order valence-corrected chi connectivity index (χ1v) is 4.83. The first-order valence-electron chi connectivity index (χ1n) is 4.83. The van der Waals surface area contributed by atoms with Gasteiger partial charge in [0.05, 0.1) is 18.6 Å². The third-order valence-corrected chi connectivity index (χ3v) is 3.22. The van der Waals surface area contributed by atoms with Crippen molar-refractivity contribution in [2.24, 2.45) is 0 Å². The molecule has 2 heteroatoms. The third-order valence-electron chi connectivity index (χ3n) is 3.22. The van der Waals surface area contributed by atoms with Crippen molar-refractivity contribution in [3.8, 4) is 0 Å². The highest BCUT2D eigenvalue weighted by molar-refractivity contribution is 5.29. The second-order valence-electron chi connectivity index (χ2n) is 4.43. The molecule has 0 bridgehead atoms. The lowest BCUT2D eigenvalue weighted by Crippen LogP contribution is -2.18. The molecule has 1 aliphatic rings. The Morgan fingerprint density at radius 3 is 2.77 bits per heavy atom. The Kier molecular flexibility index (Phi) is 1.95. The van der Waals surface area contributed by atoms with E-state index in [4.69, 9.17) is 4.42 Å². The number of rotatable bonds is 1. The number of furan rings is 1. The molecule has 1 aromatic heterocycles. The molecule has 13 heavy (non-hydrogen) atoms. The minimum atomic E-state index is -0.126.